The molecule has 0 N–H and O–H groups in total. The zero-order valence-electron chi connectivity index (χ0n) is 13.5. The molecule has 0 fully saturated rings. The molecule has 2 aromatic heterocycles. The Kier molecular flexibility index (Phi) is 4.09. The third kappa shape index (κ3) is 3.34. The van der Waals surface area contributed by atoms with Gasteiger partial charge < -0.3 is 0 Å². The van der Waals surface area contributed by atoms with Crippen molar-refractivity contribution in [3.63, 3.8) is 0 Å². The van der Waals surface area contributed by atoms with Gasteiger partial charge in [-0.2, -0.15) is 5.10 Å². The smallest absolute Gasteiger partial charge is 0.154 e. The molecule has 0 saturated carbocycles. The lowest BCUT2D eigenvalue weighted by atomic mass is 10.1. The van der Waals surface area contributed by atoms with Crippen LogP contribution in [0.15, 0.2) is 96.8 Å². The van der Waals surface area contributed by atoms with Gasteiger partial charge in [0.2, 0.25) is 0 Å². The van der Waals surface area contributed by atoms with Gasteiger partial charge in [0.15, 0.2) is 5.65 Å². The van der Waals surface area contributed by atoms with Crippen LogP contribution in [0.25, 0.3) is 16.9 Å². The van der Waals surface area contributed by atoms with Crippen LogP contribution in [0.2, 0.25) is 0 Å². The number of hydrogen-bond acceptors (Lipinski definition) is 2. The van der Waals surface area contributed by atoms with E-state index in [-0.39, 0.29) is 0 Å². The number of hydrogen-bond donors (Lipinski definition) is 0. The molecule has 2 heterocycles. The second kappa shape index (κ2) is 6.86. The van der Waals surface area contributed by atoms with E-state index in [4.69, 9.17) is 5.10 Å². The molecule has 0 aliphatic heterocycles. The highest BCUT2D eigenvalue weighted by molar-refractivity contribution is 5.60. The third-order valence-corrected chi connectivity index (χ3v) is 3.76. The van der Waals surface area contributed by atoms with Crippen LogP contribution in [-0.4, -0.2) is 14.6 Å². The normalized spacial score (nSPS) is 13.0. The lowest BCUT2D eigenvalue weighted by Gasteiger charge is -2.01. The number of nitrogens with zero attached hydrogens (tertiary/aromatic N) is 3. The SMILES string of the molecule is C(#Cc1cnc2ccc(-c3ccccc3)nn12)C1=CC=CC=CC=C1. The Bertz CT molecular complexity index is 1080. The number of imidazole rings is 1. The Morgan fingerprint density at radius 2 is 1.64 bits per heavy atom. The Morgan fingerprint density at radius 3 is 2.56 bits per heavy atom. The van der Waals surface area contributed by atoms with Gasteiger partial charge in [0, 0.05) is 11.1 Å². The van der Waals surface area contributed by atoms with E-state index in [1.54, 1.807) is 10.7 Å². The number of benzene rings is 1. The molecule has 0 spiro atoms. The minimum Gasteiger partial charge on any atom is -0.234 e. The van der Waals surface area contributed by atoms with Crippen LogP contribution in [0.3, 0.4) is 0 Å². The predicted octanol–water partition coefficient (Wildman–Crippen LogP) is 4.36. The highest BCUT2D eigenvalue weighted by Crippen LogP contribution is 2.17. The van der Waals surface area contributed by atoms with Crippen LogP contribution >= 0.6 is 0 Å². The molecule has 4 rings (SSSR count). The van der Waals surface area contributed by atoms with Crippen LogP contribution in [0.5, 0.6) is 0 Å². The van der Waals surface area contributed by atoms with E-state index in [9.17, 15) is 0 Å². The first kappa shape index (κ1) is 14.9. The first-order valence-electron chi connectivity index (χ1n) is 8.04. The topological polar surface area (TPSA) is 30.2 Å². The van der Waals surface area contributed by atoms with Crippen LogP contribution in [0, 0.1) is 11.8 Å². The van der Waals surface area contributed by atoms with Gasteiger partial charge in [-0.25, -0.2) is 9.50 Å². The highest BCUT2D eigenvalue weighted by Gasteiger charge is 2.05. The van der Waals surface area contributed by atoms with Crippen molar-refractivity contribution in [3.05, 3.63) is 102 Å². The van der Waals surface area contributed by atoms with Crippen LogP contribution in [0.4, 0.5) is 0 Å². The summed E-state index contributed by atoms with van der Waals surface area (Å²) in [4.78, 5) is 4.39. The molecule has 0 bridgehead atoms. The second-order valence-corrected chi connectivity index (χ2v) is 5.50. The van der Waals surface area contributed by atoms with Gasteiger partial charge >= 0.3 is 0 Å². The van der Waals surface area contributed by atoms with E-state index in [2.05, 4.69) is 16.8 Å². The quantitative estimate of drug-likeness (QED) is 0.624. The van der Waals surface area contributed by atoms with Gasteiger partial charge in [0.1, 0.15) is 5.69 Å². The summed E-state index contributed by atoms with van der Waals surface area (Å²) < 4.78 is 1.79. The zero-order valence-corrected chi connectivity index (χ0v) is 13.5. The number of aromatic nitrogens is 3. The van der Waals surface area contributed by atoms with E-state index in [1.165, 1.54) is 0 Å². The summed E-state index contributed by atoms with van der Waals surface area (Å²) in [5.41, 5.74) is 4.46. The first-order valence-corrected chi connectivity index (χ1v) is 8.04. The Hall–Kier alpha value is -3.64. The van der Waals surface area contributed by atoms with E-state index in [0.717, 1.165) is 28.2 Å². The minimum absolute atomic E-state index is 0.767. The summed E-state index contributed by atoms with van der Waals surface area (Å²) in [5.74, 6) is 6.36. The molecule has 3 heteroatoms. The molecule has 3 nitrogen and oxygen atoms in total. The van der Waals surface area contributed by atoms with Gasteiger partial charge in [-0.15, -0.1) is 0 Å². The lowest BCUT2D eigenvalue weighted by molar-refractivity contribution is 0.930. The standard InChI is InChI=1S/C22H15N3/c1-2-5-9-18(10-6-3-1)13-14-20-17-23-22-16-15-21(24-25(20)22)19-11-7-4-8-12-19/h1-12,15-17H. The van der Waals surface area contributed by atoms with E-state index in [1.807, 2.05) is 85.0 Å². The fourth-order valence-electron chi connectivity index (χ4n) is 2.51. The van der Waals surface area contributed by atoms with Crippen molar-refractivity contribution < 1.29 is 0 Å². The number of fused-ring (bicyclic) bond motifs is 1. The van der Waals surface area contributed by atoms with Crippen molar-refractivity contribution in [1.82, 2.24) is 14.6 Å². The molecule has 1 aliphatic carbocycles. The van der Waals surface area contributed by atoms with Gasteiger partial charge in [-0.1, -0.05) is 66.6 Å². The van der Waals surface area contributed by atoms with Crippen LogP contribution in [-0.2, 0) is 0 Å². The third-order valence-electron chi connectivity index (χ3n) is 3.76. The lowest BCUT2D eigenvalue weighted by Crippen LogP contribution is -1.96. The van der Waals surface area contributed by atoms with Crippen molar-refractivity contribution in [2.24, 2.45) is 0 Å². The summed E-state index contributed by atoms with van der Waals surface area (Å²) in [6.45, 7) is 0. The summed E-state index contributed by atoms with van der Waals surface area (Å²) in [6.07, 6.45) is 15.6. The average Bonchev–Trinajstić information content (AvgIpc) is 3.04. The van der Waals surface area contributed by atoms with Gasteiger partial charge in [0.25, 0.3) is 0 Å². The van der Waals surface area contributed by atoms with Gasteiger partial charge in [-0.05, 0) is 30.2 Å². The molecule has 1 aliphatic rings. The Morgan fingerprint density at radius 1 is 0.800 bits per heavy atom. The molecule has 0 saturated heterocycles. The van der Waals surface area contributed by atoms with Crippen molar-refractivity contribution >= 4 is 5.65 Å². The van der Waals surface area contributed by atoms with Crippen LogP contribution < -0.4 is 0 Å². The van der Waals surface area contributed by atoms with Gasteiger partial charge in [0.05, 0.1) is 11.9 Å². The molecule has 0 amide bonds. The largest absolute Gasteiger partial charge is 0.234 e. The highest BCUT2D eigenvalue weighted by atomic mass is 15.3. The van der Waals surface area contributed by atoms with Crippen LogP contribution in [0.1, 0.15) is 5.69 Å². The molecule has 3 aromatic rings. The Labute approximate surface area is 146 Å². The number of rotatable bonds is 1. The maximum absolute atomic E-state index is 4.69. The molecule has 0 radical (unpaired) electrons. The monoisotopic (exact) mass is 321 g/mol. The molecule has 0 unspecified atom stereocenters. The predicted molar refractivity (Wildman–Crippen MR) is 101 cm³/mol. The molecular formula is C22H15N3. The molecule has 118 valence electrons. The summed E-state index contributed by atoms with van der Waals surface area (Å²) in [5, 5.41) is 4.69. The molecule has 1 aromatic carbocycles. The fraction of sp³-hybridized carbons (Fsp3) is 0. The summed E-state index contributed by atoms with van der Waals surface area (Å²) in [6, 6.07) is 14.0. The fourth-order valence-corrected chi connectivity index (χ4v) is 2.51. The van der Waals surface area contributed by atoms with Crippen molar-refractivity contribution in [2.45, 2.75) is 0 Å². The summed E-state index contributed by atoms with van der Waals surface area (Å²) in [7, 11) is 0. The molecular weight excluding hydrogens is 306 g/mol. The van der Waals surface area contributed by atoms with Crippen molar-refractivity contribution in [2.75, 3.05) is 0 Å². The minimum atomic E-state index is 0.767. The first-order chi connectivity index (χ1) is 12.4. The molecule has 25 heavy (non-hydrogen) atoms. The summed E-state index contributed by atoms with van der Waals surface area (Å²) >= 11 is 0. The maximum atomic E-state index is 4.69. The maximum Gasteiger partial charge on any atom is 0.154 e. The Balaban J connectivity index is 1.73. The molecule has 0 atom stereocenters. The zero-order chi connectivity index (χ0) is 16.9. The second-order valence-electron chi connectivity index (χ2n) is 5.50. The van der Waals surface area contributed by atoms with E-state index in [0.29, 0.717) is 0 Å². The number of allylic oxidation sites excluding steroid dienone is 8. The van der Waals surface area contributed by atoms with Gasteiger partial charge in [-0.3, -0.25) is 0 Å². The van der Waals surface area contributed by atoms with E-state index < -0.39 is 0 Å². The van der Waals surface area contributed by atoms with Crippen molar-refractivity contribution in [3.8, 4) is 23.1 Å². The van der Waals surface area contributed by atoms with Crippen molar-refractivity contribution in [1.29, 1.82) is 0 Å². The van der Waals surface area contributed by atoms with E-state index >= 15 is 0 Å². The average molecular weight is 321 g/mol.